The maximum atomic E-state index is 13.0. The van der Waals surface area contributed by atoms with Crippen LogP contribution in [0.25, 0.3) is 10.9 Å². The third-order valence-electron chi connectivity index (χ3n) is 4.59. The van der Waals surface area contributed by atoms with Gasteiger partial charge in [-0.05, 0) is 18.1 Å². The van der Waals surface area contributed by atoms with Gasteiger partial charge in [-0.25, -0.2) is 0 Å². The first kappa shape index (κ1) is 24.3. The van der Waals surface area contributed by atoms with Crippen LogP contribution in [-0.4, -0.2) is 51.2 Å². The van der Waals surface area contributed by atoms with E-state index in [4.69, 9.17) is 5.41 Å². The number of Topliss-reactive ketones (excluding diaryl/α,β-unsaturated/α-hetero) is 1. The van der Waals surface area contributed by atoms with Crippen LogP contribution in [0.4, 0.5) is 0 Å². The summed E-state index contributed by atoms with van der Waals surface area (Å²) in [7, 11) is 0. The highest BCUT2D eigenvalue weighted by Crippen LogP contribution is 2.20. The van der Waals surface area contributed by atoms with Crippen molar-refractivity contribution in [3.63, 3.8) is 0 Å². The molecule has 1 aromatic heterocycles. The molecule has 0 aliphatic heterocycles. The molecular weight excluding hydrogens is 416 g/mol. The summed E-state index contributed by atoms with van der Waals surface area (Å²) >= 11 is 1.08. The minimum absolute atomic E-state index is 0.0164. The Morgan fingerprint density at radius 2 is 1.84 bits per heavy atom. The smallest absolute Gasteiger partial charge is 0.243 e. The largest absolute Gasteiger partial charge is 0.361 e. The van der Waals surface area contributed by atoms with Gasteiger partial charge in [0.1, 0.15) is 6.04 Å². The normalized spacial score (nSPS) is 12.9. The SMILES string of the molecule is CC(=O)N[C@@H](Cc1c[nH]c2ccccc12)C(=O)NC(CCC(=O)C=N)C(=O)SC(C)C. The molecule has 2 rings (SSSR count). The van der Waals surface area contributed by atoms with Gasteiger partial charge in [0.25, 0.3) is 0 Å². The molecular formula is C22H28N4O4S. The van der Waals surface area contributed by atoms with Crippen molar-refractivity contribution in [3.05, 3.63) is 36.0 Å². The Bertz CT molecular complexity index is 969. The van der Waals surface area contributed by atoms with Crippen LogP contribution in [0.3, 0.4) is 0 Å². The Hall–Kier alpha value is -2.94. The molecule has 0 saturated carbocycles. The zero-order valence-corrected chi connectivity index (χ0v) is 18.7. The Morgan fingerprint density at radius 3 is 2.48 bits per heavy atom. The average Bonchev–Trinajstić information content (AvgIpc) is 3.12. The number of aromatic amines is 1. The molecule has 1 aromatic carbocycles. The lowest BCUT2D eigenvalue weighted by atomic mass is 10.0. The molecule has 1 unspecified atom stereocenters. The monoisotopic (exact) mass is 444 g/mol. The van der Waals surface area contributed by atoms with Crippen LogP contribution in [0.1, 0.15) is 39.2 Å². The van der Waals surface area contributed by atoms with E-state index < -0.39 is 23.8 Å². The van der Waals surface area contributed by atoms with Crippen LogP contribution in [0.15, 0.2) is 30.5 Å². The zero-order chi connectivity index (χ0) is 23.0. The third kappa shape index (κ3) is 7.36. The number of nitrogens with one attached hydrogen (secondary N) is 4. The minimum atomic E-state index is -0.886. The molecule has 0 aliphatic rings. The lowest BCUT2D eigenvalue weighted by Gasteiger charge is -2.22. The number of hydrogen-bond donors (Lipinski definition) is 4. The molecule has 0 aliphatic carbocycles. The van der Waals surface area contributed by atoms with Gasteiger partial charge in [0.2, 0.25) is 16.9 Å². The van der Waals surface area contributed by atoms with Crippen molar-refractivity contribution in [3.8, 4) is 0 Å². The lowest BCUT2D eigenvalue weighted by molar-refractivity contribution is -0.129. The average molecular weight is 445 g/mol. The van der Waals surface area contributed by atoms with Crippen LogP contribution in [0, 0.1) is 5.41 Å². The van der Waals surface area contributed by atoms with Gasteiger partial charge >= 0.3 is 0 Å². The number of H-pyrrole nitrogens is 1. The maximum Gasteiger partial charge on any atom is 0.243 e. The van der Waals surface area contributed by atoms with E-state index in [0.717, 1.165) is 28.2 Å². The lowest BCUT2D eigenvalue weighted by Crippen LogP contribution is -2.52. The van der Waals surface area contributed by atoms with Gasteiger partial charge in [-0.1, -0.05) is 43.8 Å². The number of benzene rings is 1. The molecule has 8 nitrogen and oxygen atoms in total. The van der Waals surface area contributed by atoms with E-state index >= 15 is 0 Å². The first-order chi connectivity index (χ1) is 14.7. The number of carbonyl (C=O) groups excluding carboxylic acids is 4. The van der Waals surface area contributed by atoms with Crippen molar-refractivity contribution in [2.24, 2.45) is 0 Å². The molecule has 0 bridgehead atoms. The topological polar surface area (TPSA) is 132 Å². The van der Waals surface area contributed by atoms with Crippen LogP contribution >= 0.6 is 11.8 Å². The molecule has 2 atom stereocenters. The molecule has 31 heavy (non-hydrogen) atoms. The van der Waals surface area contributed by atoms with E-state index in [-0.39, 0.29) is 35.5 Å². The summed E-state index contributed by atoms with van der Waals surface area (Å²) in [4.78, 5) is 52.0. The highest BCUT2D eigenvalue weighted by molar-refractivity contribution is 8.14. The second-order valence-corrected chi connectivity index (χ2v) is 9.09. The highest BCUT2D eigenvalue weighted by atomic mass is 32.2. The van der Waals surface area contributed by atoms with Crippen LogP contribution in [-0.2, 0) is 25.6 Å². The van der Waals surface area contributed by atoms with Crippen LogP contribution < -0.4 is 10.6 Å². The molecule has 166 valence electrons. The van der Waals surface area contributed by atoms with Crippen molar-refractivity contribution >= 4 is 51.6 Å². The van der Waals surface area contributed by atoms with Gasteiger partial charge in [0.15, 0.2) is 5.78 Å². The number of aromatic nitrogens is 1. The molecule has 0 saturated heterocycles. The second kappa shape index (κ2) is 11.5. The molecule has 2 amide bonds. The molecule has 0 radical (unpaired) electrons. The first-order valence-electron chi connectivity index (χ1n) is 10.1. The predicted molar refractivity (Wildman–Crippen MR) is 122 cm³/mol. The molecule has 2 aromatic rings. The molecule has 0 spiro atoms. The van der Waals surface area contributed by atoms with Crippen molar-refractivity contribution in [2.75, 3.05) is 0 Å². The first-order valence-corrected chi connectivity index (χ1v) is 11.0. The minimum Gasteiger partial charge on any atom is -0.361 e. The van der Waals surface area contributed by atoms with Gasteiger partial charge in [0, 0.05) is 42.1 Å². The molecule has 0 fully saturated rings. The van der Waals surface area contributed by atoms with Crippen molar-refractivity contribution in [1.82, 2.24) is 15.6 Å². The molecule has 4 N–H and O–H groups in total. The Kier molecular flexibility index (Phi) is 8.99. The fraction of sp³-hybridized carbons (Fsp3) is 0.409. The van der Waals surface area contributed by atoms with E-state index in [9.17, 15) is 19.2 Å². The van der Waals surface area contributed by atoms with Gasteiger partial charge in [-0.3, -0.25) is 19.2 Å². The number of thioether (sulfide) groups is 1. The predicted octanol–water partition coefficient (Wildman–Crippen LogP) is 2.37. The number of ketones is 1. The van der Waals surface area contributed by atoms with E-state index in [2.05, 4.69) is 15.6 Å². The van der Waals surface area contributed by atoms with E-state index in [1.165, 1.54) is 6.92 Å². The Morgan fingerprint density at radius 1 is 1.13 bits per heavy atom. The van der Waals surface area contributed by atoms with Crippen LogP contribution in [0.5, 0.6) is 0 Å². The number of fused-ring (bicyclic) bond motifs is 1. The molecule has 9 heteroatoms. The summed E-state index contributed by atoms with van der Waals surface area (Å²) in [5, 5.41) is 13.1. The number of amides is 2. The summed E-state index contributed by atoms with van der Waals surface area (Å²) in [6, 6.07) is 5.88. The van der Waals surface area contributed by atoms with E-state index in [1.54, 1.807) is 6.20 Å². The van der Waals surface area contributed by atoms with Crippen molar-refractivity contribution in [2.45, 2.75) is 57.4 Å². The standard InChI is InChI=1S/C22H28N4O4S/c1-13(2)31-22(30)19(9-8-16(28)11-23)26-21(29)20(25-14(3)27)10-15-12-24-18-7-5-4-6-17(15)18/h4-7,11-13,19-20,23-24H,8-10H2,1-3H3,(H,25,27)(H,26,29)/t19?,20-/m0/s1. The number of rotatable bonds is 11. The summed E-state index contributed by atoms with van der Waals surface area (Å²) in [5.74, 6) is -1.28. The number of para-hydroxylation sites is 1. The highest BCUT2D eigenvalue weighted by Gasteiger charge is 2.28. The van der Waals surface area contributed by atoms with Gasteiger partial charge < -0.3 is 21.0 Å². The fourth-order valence-corrected chi connectivity index (χ4v) is 3.98. The summed E-state index contributed by atoms with van der Waals surface area (Å²) in [6.45, 7) is 5.05. The van der Waals surface area contributed by atoms with Crippen molar-refractivity contribution < 1.29 is 19.2 Å². The van der Waals surface area contributed by atoms with E-state index in [0.29, 0.717) is 6.21 Å². The summed E-state index contributed by atoms with van der Waals surface area (Å²) in [6.07, 6.45) is 2.82. The second-order valence-electron chi connectivity index (χ2n) is 7.51. The quantitative estimate of drug-likeness (QED) is 0.395. The van der Waals surface area contributed by atoms with Gasteiger partial charge in [-0.15, -0.1) is 0 Å². The summed E-state index contributed by atoms with van der Waals surface area (Å²) in [5.41, 5.74) is 1.79. The number of hydrogen-bond acceptors (Lipinski definition) is 6. The van der Waals surface area contributed by atoms with Gasteiger partial charge in [-0.2, -0.15) is 0 Å². The Balaban J connectivity index is 2.19. The van der Waals surface area contributed by atoms with Crippen LogP contribution in [0.2, 0.25) is 0 Å². The zero-order valence-electron chi connectivity index (χ0n) is 17.9. The number of carbonyl (C=O) groups is 4. The molecule has 1 heterocycles. The van der Waals surface area contributed by atoms with Crippen molar-refractivity contribution in [1.29, 1.82) is 5.41 Å². The Labute approximate surface area is 185 Å². The van der Waals surface area contributed by atoms with Gasteiger partial charge in [0.05, 0.1) is 12.3 Å². The van der Waals surface area contributed by atoms with E-state index in [1.807, 2.05) is 38.1 Å². The third-order valence-corrected chi connectivity index (χ3v) is 5.57. The summed E-state index contributed by atoms with van der Waals surface area (Å²) < 4.78 is 0. The maximum absolute atomic E-state index is 13.0. The fourth-order valence-electron chi connectivity index (χ4n) is 3.17.